The van der Waals surface area contributed by atoms with Crippen LogP contribution in [0.2, 0.25) is 0 Å². The number of phenolic OH excluding ortho intramolecular Hbond substituents is 1. The van der Waals surface area contributed by atoms with Gasteiger partial charge in [-0.05, 0) is 30.2 Å². The zero-order chi connectivity index (χ0) is 12.6. The predicted octanol–water partition coefficient (Wildman–Crippen LogP) is 1.39. The highest BCUT2D eigenvalue weighted by Gasteiger charge is 2.27. The first-order chi connectivity index (χ1) is 7.90. The zero-order valence-corrected chi connectivity index (χ0v) is 9.57. The number of aliphatic carboxylic acids is 1. The number of benzene rings is 1. The van der Waals surface area contributed by atoms with Crippen molar-refractivity contribution in [1.82, 2.24) is 0 Å². The Labute approximate surface area is 97.9 Å². The maximum absolute atomic E-state index is 11.7. The monoisotopic (exact) mass is 254 g/mol. The van der Waals surface area contributed by atoms with E-state index in [-0.39, 0.29) is 23.5 Å². The Kier molecular flexibility index (Phi) is 2.66. The SMILES string of the molecule is O=C(O)CCC1=CS(=O)(=O)c2ccc(O)cc21. The highest BCUT2D eigenvalue weighted by Crippen LogP contribution is 2.37. The van der Waals surface area contributed by atoms with Crippen LogP contribution >= 0.6 is 0 Å². The second-order valence-corrected chi connectivity index (χ2v) is 5.53. The minimum absolute atomic E-state index is 0.0397. The molecule has 1 aromatic rings. The molecule has 90 valence electrons. The summed E-state index contributed by atoms with van der Waals surface area (Å²) in [6.07, 6.45) is -0.0124. The maximum atomic E-state index is 11.7. The van der Waals surface area contributed by atoms with Crippen molar-refractivity contribution in [3.63, 3.8) is 0 Å². The normalized spacial score (nSPS) is 16.4. The fourth-order valence-electron chi connectivity index (χ4n) is 1.77. The van der Waals surface area contributed by atoms with Crippen molar-refractivity contribution in [2.45, 2.75) is 17.7 Å². The third-order valence-electron chi connectivity index (χ3n) is 2.52. The molecule has 17 heavy (non-hydrogen) atoms. The third kappa shape index (κ3) is 2.16. The molecule has 0 amide bonds. The Hall–Kier alpha value is -1.82. The van der Waals surface area contributed by atoms with Crippen molar-refractivity contribution >= 4 is 21.4 Å². The first-order valence-corrected chi connectivity index (χ1v) is 6.45. The van der Waals surface area contributed by atoms with Crippen LogP contribution in [0.3, 0.4) is 0 Å². The van der Waals surface area contributed by atoms with Crippen LogP contribution in [-0.2, 0) is 14.6 Å². The van der Waals surface area contributed by atoms with Gasteiger partial charge in [0.1, 0.15) is 5.75 Å². The lowest BCUT2D eigenvalue weighted by Gasteiger charge is -2.03. The van der Waals surface area contributed by atoms with Gasteiger partial charge in [0, 0.05) is 17.4 Å². The molecular formula is C11H10O5S. The Morgan fingerprint density at radius 3 is 2.65 bits per heavy atom. The lowest BCUT2D eigenvalue weighted by Crippen LogP contribution is -1.95. The average Bonchev–Trinajstić information content (AvgIpc) is 2.47. The number of hydrogen-bond acceptors (Lipinski definition) is 4. The molecule has 5 nitrogen and oxygen atoms in total. The van der Waals surface area contributed by atoms with Crippen molar-refractivity contribution in [2.75, 3.05) is 0 Å². The van der Waals surface area contributed by atoms with Crippen LogP contribution in [0.5, 0.6) is 5.75 Å². The number of sulfone groups is 1. The second kappa shape index (κ2) is 3.89. The minimum Gasteiger partial charge on any atom is -0.508 e. The van der Waals surface area contributed by atoms with E-state index in [1.54, 1.807) is 0 Å². The standard InChI is InChI=1S/C11H10O5S/c12-8-2-3-10-9(5-8)7(1-4-11(13)14)6-17(10,15)16/h2-3,5-6,12H,1,4H2,(H,13,14). The molecule has 0 bridgehead atoms. The summed E-state index contributed by atoms with van der Waals surface area (Å²) in [5.74, 6) is -1.03. The molecule has 0 radical (unpaired) electrons. The number of rotatable bonds is 3. The Morgan fingerprint density at radius 1 is 1.29 bits per heavy atom. The van der Waals surface area contributed by atoms with Gasteiger partial charge in [0.2, 0.25) is 9.84 Å². The number of hydrogen-bond donors (Lipinski definition) is 2. The van der Waals surface area contributed by atoms with Crippen LogP contribution in [-0.4, -0.2) is 24.6 Å². The number of phenols is 1. The highest BCUT2D eigenvalue weighted by molar-refractivity contribution is 7.95. The number of allylic oxidation sites excluding steroid dienone is 1. The smallest absolute Gasteiger partial charge is 0.303 e. The van der Waals surface area contributed by atoms with Crippen molar-refractivity contribution in [3.8, 4) is 5.75 Å². The van der Waals surface area contributed by atoms with Crippen LogP contribution < -0.4 is 0 Å². The molecule has 0 saturated carbocycles. The van der Waals surface area contributed by atoms with Gasteiger partial charge < -0.3 is 10.2 Å². The second-order valence-electron chi connectivity index (χ2n) is 3.76. The molecule has 1 aliphatic rings. The van der Waals surface area contributed by atoms with Gasteiger partial charge in [0.15, 0.2) is 0 Å². The summed E-state index contributed by atoms with van der Waals surface area (Å²) in [7, 11) is -3.49. The van der Waals surface area contributed by atoms with Gasteiger partial charge in [-0.25, -0.2) is 8.42 Å². The molecule has 2 rings (SSSR count). The maximum Gasteiger partial charge on any atom is 0.303 e. The number of aromatic hydroxyl groups is 1. The summed E-state index contributed by atoms with van der Waals surface area (Å²) in [6, 6.07) is 3.96. The van der Waals surface area contributed by atoms with Crippen molar-refractivity contribution in [1.29, 1.82) is 0 Å². The molecule has 0 saturated heterocycles. The van der Waals surface area contributed by atoms with E-state index in [1.165, 1.54) is 18.2 Å². The fourth-order valence-corrected chi connectivity index (χ4v) is 3.27. The summed E-state index contributed by atoms with van der Waals surface area (Å²) >= 11 is 0. The first kappa shape index (κ1) is 11.7. The number of carboxylic acids is 1. The molecule has 2 N–H and O–H groups in total. The Bertz CT molecular complexity index is 613. The fraction of sp³-hybridized carbons (Fsp3) is 0.182. The molecule has 1 heterocycles. The van der Waals surface area contributed by atoms with E-state index in [0.717, 1.165) is 5.41 Å². The summed E-state index contributed by atoms with van der Waals surface area (Å²) in [6.45, 7) is 0. The van der Waals surface area contributed by atoms with E-state index >= 15 is 0 Å². The van der Waals surface area contributed by atoms with E-state index in [9.17, 15) is 18.3 Å². The average molecular weight is 254 g/mol. The predicted molar refractivity (Wildman–Crippen MR) is 60.1 cm³/mol. The van der Waals surface area contributed by atoms with Crippen LogP contribution in [0.15, 0.2) is 28.5 Å². The van der Waals surface area contributed by atoms with Crippen LogP contribution in [0.4, 0.5) is 0 Å². The van der Waals surface area contributed by atoms with E-state index < -0.39 is 15.8 Å². The summed E-state index contributed by atoms with van der Waals surface area (Å²) in [5, 5.41) is 19.0. The van der Waals surface area contributed by atoms with Crippen LogP contribution in [0, 0.1) is 0 Å². The number of fused-ring (bicyclic) bond motifs is 1. The molecule has 0 fully saturated rings. The molecule has 0 unspecified atom stereocenters. The van der Waals surface area contributed by atoms with E-state index in [4.69, 9.17) is 5.11 Å². The molecule has 0 aromatic heterocycles. The molecule has 0 aliphatic carbocycles. The van der Waals surface area contributed by atoms with Gasteiger partial charge in [0.05, 0.1) is 4.90 Å². The Morgan fingerprint density at radius 2 is 2.00 bits per heavy atom. The highest BCUT2D eigenvalue weighted by atomic mass is 32.2. The van der Waals surface area contributed by atoms with Gasteiger partial charge in [-0.1, -0.05) is 0 Å². The topological polar surface area (TPSA) is 91.7 Å². The molecule has 0 spiro atoms. The molecule has 1 aliphatic heterocycles. The van der Waals surface area contributed by atoms with Crippen LogP contribution in [0.1, 0.15) is 18.4 Å². The van der Waals surface area contributed by atoms with Crippen LogP contribution in [0.25, 0.3) is 5.57 Å². The number of carboxylic acid groups (broad SMARTS) is 1. The summed E-state index contributed by atoms with van der Waals surface area (Å²) < 4.78 is 23.4. The quantitative estimate of drug-likeness (QED) is 0.850. The van der Waals surface area contributed by atoms with Gasteiger partial charge in [-0.15, -0.1) is 0 Å². The lowest BCUT2D eigenvalue weighted by molar-refractivity contribution is -0.136. The first-order valence-electron chi connectivity index (χ1n) is 4.91. The Balaban J connectivity index is 2.44. The van der Waals surface area contributed by atoms with E-state index in [0.29, 0.717) is 11.1 Å². The van der Waals surface area contributed by atoms with E-state index in [2.05, 4.69) is 0 Å². The van der Waals surface area contributed by atoms with Crippen molar-refractivity contribution in [3.05, 3.63) is 29.2 Å². The largest absolute Gasteiger partial charge is 0.508 e. The summed E-state index contributed by atoms with van der Waals surface area (Å²) in [4.78, 5) is 10.6. The molecule has 1 aromatic carbocycles. The lowest BCUT2D eigenvalue weighted by atomic mass is 10.0. The molecule has 0 atom stereocenters. The number of carbonyl (C=O) groups is 1. The molecule has 6 heteroatoms. The molecular weight excluding hydrogens is 244 g/mol. The summed E-state index contributed by atoms with van der Waals surface area (Å²) in [5.41, 5.74) is 0.824. The van der Waals surface area contributed by atoms with Gasteiger partial charge in [-0.2, -0.15) is 0 Å². The zero-order valence-electron chi connectivity index (χ0n) is 8.75. The minimum atomic E-state index is -3.49. The third-order valence-corrected chi connectivity index (χ3v) is 4.09. The van der Waals surface area contributed by atoms with Gasteiger partial charge in [-0.3, -0.25) is 4.79 Å². The van der Waals surface area contributed by atoms with Crippen molar-refractivity contribution in [2.24, 2.45) is 0 Å². The van der Waals surface area contributed by atoms with Crippen molar-refractivity contribution < 1.29 is 23.4 Å². The van der Waals surface area contributed by atoms with Gasteiger partial charge >= 0.3 is 5.97 Å². The van der Waals surface area contributed by atoms with Gasteiger partial charge in [0.25, 0.3) is 0 Å². The van der Waals surface area contributed by atoms with E-state index in [1.807, 2.05) is 0 Å².